The first-order valence-electron chi connectivity index (χ1n) is 7.73. The third-order valence-corrected chi connectivity index (χ3v) is 4.50. The smallest absolute Gasteiger partial charge is 0.333 e. The molecule has 0 fully saturated rings. The molecule has 0 radical (unpaired) electrons. The molecule has 2 aromatic rings. The van der Waals surface area contributed by atoms with Crippen molar-refractivity contribution < 1.29 is 19.1 Å². The first-order valence-corrected chi connectivity index (χ1v) is 8.52. The van der Waals surface area contributed by atoms with Crippen LogP contribution in [0, 0.1) is 0 Å². The second-order valence-electron chi connectivity index (χ2n) is 5.37. The molecule has 0 aliphatic carbocycles. The van der Waals surface area contributed by atoms with Gasteiger partial charge in [0.1, 0.15) is 0 Å². The van der Waals surface area contributed by atoms with Crippen molar-refractivity contribution in [2.45, 2.75) is 12.3 Å². The third-order valence-electron chi connectivity index (χ3n) is 3.78. The van der Waals surface area contributed by atoms with E-state index in [4.69, 9.17) is 9.47 Å². The molecule has 130 valence electrons. The summed E-state index contributed by atoms with van der Waals surface area (Å²) in [5, 5.41) is 0. The van der Waals surface area contributed by atoms with Crippen LogP contribution in [0.25, 0.3) is 6.08 Å². The molecule has 0 spiro atoms. The molecule has 0 heterocycles. The Kier molecular flexibility index (Phi) is 6.95. The monoisotopic (exact) mass is 402 g/mol. The lowest BCUT2D eigenvalue weighted by atomic mass is 9.91. The van der Waals surface area contributed by atoms with Gasteiger partial charge in [0.05, 0.1) is 20.1 Å². The van der Waals surface area contributed by atoms with Gasteiger partial charge in [-0.3, -0.25) is 4.79 Å². The number of carbonyl (C=O) groups is 2. The van der Waals surface area contributed by atoms with Crippen molar-refractivity contribution in [1.29, 1.82) is 0 Å². The van der Waals surface area contributed by atoms with Crippen LogP contribution in [-0.2, 0) is 19.1 Å². The van der Waals surface area contributed by atoms with Crippen molar-refractivity contribution >= 4 is 33.9 Å². The van der Waals surface area contributed by atoms with E-state index in [0.29, 0.717) is 5.57 Å². The summed E-state index contributed by atoms with van der Waals surface area (Å²) in [5.74, 6) is -1.49. The predicted molar refractivity (Wildman–Crippen MR) is 100.0 cm³/mol. The number of hydrogen-bond acceptors (Lipinski definition) is 4. The molecular formula is C20H19BrO4. The molecule has 5 heteroatoms. The Labute approximate surface area is 155 Å². The number of hydrogen-bond donors (Lipinski definition) is 0. The zero-order valence-corrected chi connectivity index (χ0v) is 15.7. The van der Waals surface area contributed by atoms with Crippen LogP contribution in [0.1, 0.15) is 23.5 Å². The zero-order valence-electron chi connectivity index (χ0n) is 14.1. The Bertz CT molecular complexity index is 768. The third kappa shape index (κ3) is 5.03. The zero-order chi connectivity index (χ0) is 18.2. The summed E-state index contributed by atoms with van der Waals surface area (Å²) in [6.45, 7) is 0. The second kappa shape index (κ2) is 9.18. The summed E-state index contributed by atoms with van der Waals surface area (Å²) < 4.78 is 10.6. The van der Waals surface area contributed by atoms with Gasteiger partial charge in [0.15, 0.2) is 0 Å². The number of rotatable bonds is 6. The van der Waals surface area contributed by atoms with Crippen LogP contribution in [0.15, 0.2) is 64.6 Å². The van der Waals surface area contributed by atoms with E-state index in [9.17, 15) is 9.59 Å². The first kappa shape index (κ1) is 18.9. The molecule has 2 aromatic carbocycles. The fourth-order valence-electron chi connectivity index (χ4n) is 2.52. The van der Waals surface area contributed by atoms with Crippen LogP contribution in [0.2, 0.25) is 0 Å². The molecule has 0 bridgehead atoms. The van der Waals surface area contributed by atoms with E-state index in [1.165, 1.54) is 14.2 Å². The van der Waals surface area contributed by atoms with Gasteiger partial charge in [0.25, 0.3) is 0 Å². The minimum atomic E-state index is -0.616. The van der Waals surface area contributed by atoms with E-state index in [1.54, 1.807) is 6.08 Å². The molecule has 1 unspecified atom stereocenters. The molecular weight excluding hydrogens is 384 g/mol. The van der Waals surface area contributed by atoms with Crippen molar-refractivity contribution in [3.8, 4) is 0 Å². The number of methoxy groups -OCH3 is 2. The van der Waals surface area contributed by atoms with Gasteiger partial charge < -0.3 is 9.47 Å². The average molecular weight is 403 g/mol. The Hall–Kier alpha value is -2.40. The molecule has 0 aliphatic heterocycles. The second-order valence-corrected chi connectivity index (χ2v) is 6.23. The van der Waals surface area contributed by atoms with Crippen LogP contribution in [0.4, 0.5) is 0 Å². The van der Waals surface area contributed by atoms with Gasteiger partial charge in [-0.25, -0.2) is 4.79 Å². The Morgan fingerprint density at radius 2 is 1.64 bits per heavy atom. The van der Waals surface area contributed by atoms with Crippen LogP contribution in [0.5, 0.6) is 0 Å². The molecule has 0 aliphatic rings. The molecule has 2 rings (SSSR count). The van der Waals surface area contributed by atoms with Crippen molar-refractivity contribution in [1.82, 2.24) is 0 Å². The van der Waals surface area contributed by atoms with E-state index < -0.39 is 17.9 Å². The molecule has 0 N–H and O–H groups in total. The van der Waals surface area contributed by atoms with E-state index >= 15 is 0 Å². The Balaban J connectivity index is 2.42. The highest BCUT2D eigenvalue weighted by atomic mass is 79.9. The lowest BCUT2D eigenvalue weighted by Crippen LogP contribution is -2.18. The SMILES string of the molecule is COC(=O)/C(=C\c1ccccc1)CC(C(=O)OC)c1ccccc1Br. The molecule has 0 saturated heterocycles. The predicted octanol–water partition coefficient (Wildman–Crippen LogP) is 4.35. The minimum Gasteiger partial charge on any atom is -0.469 e. The van der Waals surface area contributed by atoms with Crippen LogP contribution < -0.4 is 0 Å². The molecule has 0 saturated carbocycles. The topological polar surface area (TPSA) is 52.6 Å². The quantitative estimate of drug-likeness (QED) is 0.532. The maximum absolute atomic E-state index is 12.3. The Morgan fingerprint density at radius 3 is 2.24 bits per heavy atom. The van der Waals surface area contributed by atoms with Crippen molar-refractivity contribution in [3.63, 3.8) is 0 Å². The maximum atomic E-state index is 12.3. The normalized spacial score (nSPS) is 12.4. The summed E-state index contributed by atoms with van der Waals surface area (Å²) in [7, 11) is 2.66. The summed E-state index contributed by atoms with van der Waals surface area (Å²) >= 11 is 3.46. The van der Waals surface area contributed by atoms with Gasteiger partial charge in [0.2, 0.25) is 0 Å². The van der Waals surface area contributed by atoms with E-state index in [0.717, 1.165) is 15.6 Å². The van der Waals surface area contributed by atoms with Crippen LogP contribution >= 0.6 is 15.9 Å². The fraction of sp³-hybridized carbons (Fsp3) is 0.200. The average Bonchev–Trinajstić information content (AvgIpc) is 2.65. The van der Waals surface area contributed by atoms with Gasteiger partial charge >= 0.3 is 11.9 Å². The van der Waals surface area contributed by atoms with Crippen molar-refractivity contribution in [2.75, 3.05) is 14.2 Å². The summed E-state index contributed by atoms with van der Waals surface area (Å²) in [4.78, 5) is 24.6. The molecule has 25 heavy (non-hydrogen) atoms. The van der Waals surface area contributed by atoms with Gasteiger partial charge in [-0.05, 0) is 29.7 Å². The van der Waals surface area contributed by atoms with Gasteiger partial charge in [-0.1, -0.05) is 64.5 Å². The van der Waals surface area contributed by atoms with E-state index in [1.807, 2.05) is 54.6 Å². The van der Waals surface area contributed by atoms with E-state index in [-0.39, 0.29) is 6.42 Å². The summed E-state index contributed by atoms with van der Waals surface area (Å²) in [6, 6.07) is 16.8. The highest BCUT2D eigenvalue weighted by molar-refractivity contribution is 9.10. The molecule has 0 aromatic heterocycles. The molecule has 0 amide bonds. The number of carbonyl (C=O) groups excluding carboxylic acids is 2. The van der Waals surface area contributed by atoms with Crippen molar-refractivity contribution in [2.24, 2.45) is 0 Å². The van der Waals surface area contributed by atoms with Gasteiger partial charge in [-0.15, -0.1) is 0 Å². The largest absolute Gasteiger partial charge is 0.469 e. The fourth-order valence-corrected chi connectivity index (χ4v) is 3.08. The number of ether oxygens (including phenoxy) is 2. The number of benzene rings is 2. The van der Waals surface area contributed by atoms with Crippen LogP contribution in [0.3, 0.4) is 0 Å². The minimum absolute atomic E-state index is 0.177. The molecule has 4 nitrogen and oxygen atoms in total. The standard InChI is InChI=1S/C20H19BrO4/c1-24-19(22)15(12-14-8-4-3-5-9-14)13-17(20(23)25-2)16-10-6-7-11-18(16)21/h3-12,17H,13H2,1-2H3/b15-12-. The lowest BCUT2D eigenvalue weighted by Gasteiger charge is -2.17. The summed E-state index contributed by atoms with van der Waals surface area (Å²) in [6.07, 6.45) is 1.91. The summed E-state index contributed by atoms with van der Waals surface area (Å²) in [5.41, 5.74) is 2.02. The first-order chi connectivity index (χ1) is 12.1. The van der Waals surface area contributed by atoms with E-state index in [2.05, 4.69) is 15.9 Å². The lowest BCUT2D eigenvalue weighted by molar-refractivity contribution is -0.142. The molecule has 1 atom stereocenters. The highest BCUT2D eigenvalue weighted by Gasteiger charge is 2.27. The van der Waals surface area contributed by atoms with Gasteiger partial charge in [-0.2, -0.15) is 0 Å². The highest BCUT2D eigenvalue weighted by Crippen LogP contribution is 2.31. The number of halogens is 1. The van der Waals surface area contributed by atoms with Gasteiger partial charge in [0, 0.05) is 10.0 Å². The number of esters is 2. The maximum Gasteiger partial charge on any atom is 0.333 e. The Morgan fingerprint density at radius 1 is 1.00 bits per heavy atom. The van der Waals surface area contributed by atoms with Crippen molar-refractivity contribution in [3.05, 3.63) is 75.8 Å². The van der Waals surface area contributed by atoms with Crippen LogP contribution in [-0.4, -0.2) is 26.2 Å².